The first-order chi connectivity index (χ1) is 13.5. The Labute approximate surface area is 166 Å². The maximum Gasteiger partial charge on any atom is 0.298 e. The molecule has 28 heavy (non-hydrogen) atoms. The van der Waals surface area contributed by atoms with Crippen LogP contribution in [0.25, 0.3) is 22.3 Å². The molecular formula is C22H29N3O3. The standard InChI is InChI=1S/C22H29N3O3/c1-7-16(9-11-26-4)25-21-20(24-22(25)28-6)17(8-10-23-21)18-12-15(3)19(27-5)13-14(18)2/h8,10,12-13,16H,7,9,11H2,1-6H3. The van der Waals surface area contributed by atoms with Crippen molar-refractivity contribution < 1.29 is 14.2 Å². The number of rotatable bonds is 8. The number of benzene rings is 1. The fourth-order valence-electron chi connectivity index (χ4n) is 3.73. The second-order valence-electron chi connectivity index (χ2n) is 6.98. The van der Waals surface area contributed by atoms with Gasteiger partial charge in [0.1, 0.15) is 11.3 Å². The molecule has 0 radical (unpaired) electrons. The highest BCUT2D eigenvalue weighted by molar-refractivity contribution is 5.92. The van der Waals surface area contributed by atoms with Crippen molar-refractivity contribution >= 4 is 11.2 Å². The van der Waals surface area contributed by atoms with Crippen LogP contribution in [0.15, 0.2) is 24.4 Å². The van der Waals surface area contributed by atoms with E-state index >= 15 is 0 Å². The van der Waals surface area contributed by atoms with E-state index in [2.05, 4.69) is 42.5 Å². The Morgan fingerprint density at radius 2 is 1.82 bits per heavy atom. The maximum atomic E-state index is 5.63. The third-order valence-electron chi connectivity index (χ3n) is 5.25. The quantitative estimate of drug-likeness (QED) is 0.563. The smallest absolute Gasteiger partial charge is 0.298 e. The van der Waals surface area contributed by atoms with Crippen molar-refractivity contribution in [3.05, 3.63) is 35.5 Å². The first-order valence-corrected chi connectivity index (χ1v) is 9.61. The van der Waals surface area contributed by atoms with Gasteiger partial charge < -0.3 is 14.2 Å². The molecule has 0 amide bonds. The zero-order chi connectivity index (χ0) is 20.3. The van der Waals surface area contributed by atoms with Crippen molar-refractivity contribution in [2.75, 3.05) is 27.9 Å². The van der Waals surface area contributed by atoms with Crippen LogP contribution < -0.4 is 9.47 Å². The molecule has 0 aliphatic heterocycles. The number of methoxy groups -OCH3 is 3. The van der Waals surface area contributed by atoms with Gasteiger partial charge >= 0.3 is 0 Å². The van der Waals surface area contributed by atoms with E-state index in [4.69, 9.17) is 19.2 Å². The highest BCUT2D eigenvalue weighted by Gasteiger charge is 2.22. The van der Waals surface area contributed by atoms with Gasteiger partial charge in [0.25, 0.3) is 6.01 Å². The number of hydrogen-bond donors (Lipinski definition) is 0. The molecule has 6 heteroatoms. The molecule has 6 nitrogen and oxygen atoms in total. The molecule has 150 valence electrons. The van der Waals surface area contributed by atoms with Crippen molar-refractivity contribution in [2.45, 2.75) is 39.7 Å². The third kappa shape index (κ3) is 3.56. The number of aryl methyl sites for hydroxylation is 2. The van der Waals surface area contributed by atoms with Gasteiger partial charge in [0, 0.05) is 31.5 Å². The number of aromatic nitrogens is 3. The normalized spacial score (nSPS) is 12.4. The van der Waals surface area contributed by atoms with E-state index in [0.29, 0.717) is 12.6 Å². The molecule has 1 atom stereocenters. The van der Waals surface area contributed by atoms with Crippen LogP contribution in [-0.4, -0.2) is 42.5 Å². The van der Waals surface area contributed by atoms with Gasteiger partial charge in [-0.1, -0.05) is 6.92 Å². The molecule has 0 bridgehead atoms. The van der Waals surface area contributed by atoms with E-state index < -0.39 is 0 Å². The highest BCUT2D eigenvalue weighted by Crippen LogP contribution is 2.36. The number of ether oxygens (including phenoxy) is 3. The van der Waals surface area contributed by atoms with E-state index in [1.54, 1.807) is 21.3 Å². The second kappa shape index (κ2) is 8.61. The summed E-state index contributed by atoms with van der Waals surface area (Å²) < 4.78 is 18.5. The lowest BCUT2D eigenvalue weighted by atomic mass is 9.98. The second-order valence-corrected chi connectivity index (χ2v) is 6.98. The van der Waals surface area contributed by atoms with Crippen molar-refractivity contribution in [3.63, 3.8) is 0 Å². The van der Waals surface area contributed by atoms with Crippen molar-refractivity contribution in [1.82, 2.24) is 14.5 Å². The molecule has 1 aromatic carbocycles. The Kier molecular flexibility index (Phi) is 6.19. The van der Waals surface area contributed by atoms with Gasteiger partial charge in [-0.3, -0.25) is 4.57 Å². The van der Waals surface area contributed by atoms with Crippen LogP contribution in [-0.2, 0) is 4.74 Å². The number of nitrogens with zero attached hydrogens (tertiary/aromatic N) is 3. The van der Waals surface area contributed by atoms with E-state index in [9.17, 15) is 0 Å². The predicted octanol–water partition coefficient (Wildman–Crippen LogP) is 4.72. The molecule has 1 unspecified atom stereocenters. The monoisotopic (exact) mass is 383 g/mol. The SMILES string of the molecule is CCC(CCOC)n1c(OC)nc2c(-c3cc(C)c(OC)cc3C)ccnc21. The molecule has 0 saturated heterocycles. The zero-order valence-electron chi connectivity index (χ0n) is 17.6. The van der Waals surface area contributed by atoms with Gasteiger partial charge in [0.15, 0.2) is 5.65 Å². The van der Waals surface area contributed by atoms with Crippen molar-refractivity contribution in [2.24, 2.45) is 0 Å². The van der Waals surface area contributed by atoms with E-state index in [0.717, 1.165) is 52.0 Å². The van der Waals surface area contributed by atoms with Crippen LogP contribution in [0.5, 0.6) is 11.8 Å². The Balaban J connectivity index is 2.21. The minimum absolute atomic E-state index is 0.210. The Morgan fingerprint density at radius 3 is 2.46 bits per heavy atom. The topological polar surface area (TPSA) is 58.4 Å². The molecule has 3 rings (SSSR count). The van der Waals surface area contributed by atoms with Gasteiger partial charge in [0.05, 0.1) is 14.2 Å². The first-order valence-electron chi connectivity index (χ1n) is 9.61. The zero-order valence-corrected chi connectivity index (χ0v) is 17.6. The van der Waals surface area contributed by atoms with Gasteiger partial charge in [0.2, 0.25) is 0 Å². The Bertz CT molecular complexity index is 965. The number of pyridine rings is 1. The summed E-state index contributed by atoms with van der Waals surface area (Å²) in [7, 11) is 5.08. The molecule has 0 saturated carbocycles. The fraction of sp³-hybridized carbons (Fsp3) is 0.455. The molecular weight excluding hydrogens is 354 g/mol. The third-order valence-corrected chi connectivity index (χ3v) is 5.25. The largest absolute Gasteiger partial charge is 0.496 e. The maximum absolute atomic E-state index is 5.63. The number of fused-ring (bicyclic) bond motifs is 1. The Hall–Kier alpha value is -2.60. The summed E-state index contributed by atoms with van der Waals surface area (Å²) in [6.07, 6.45) is 3.66. The molecule has 0 spiro atoms. The molecule has 0 N–H and O–H groups in total. The lowest BCUT2D eigenvalue weighted by Gasteiger charge is -2.18. The van der Waals surface area contributed by atoms with Crippen molar-refractivity contribution in [1.29, 1.82) is 0 Å². The van der Waals surface area contributed by atoms with Gasteiger partial charge in [-0.2, -0.15) is 4.98 Å². The van der Waals surface area contributed by atoms with Gasteiger partial charge in [-0.05, 0) is 61.6 Å². The summed E-state index contributed by atoms with van der Waals surface area (Å²) in [6.45, 7) is 6.98. The molecule has 0 fully saturated rings. The lowest BCUT2D eigenvalue weighted by molar-refractivity contribution is 0.175. The Morgan fingerprint density at radius 1 is 1.04 bits per heavy atom. The van der Waals surface area contributed by atoms with E-state index in [1.165, 1.54) is 0 Å². The lowest BCUT2D eigenvalue weighted by Crippen LogP contribution is -2.12. The summed E-state index contributed by atoms with van der Waals surface area (Å²) in [6, 6.07) is 7.03. The molecule has 3 aromatic rings. The molecule has 0 aliphatic carbocycles. The van der Waals surface area contributed by atoms with Gasteiger partial charge in [-0.25, -0.2) is 4.98 Å². The van der Waals surface area contributed by atoms with Crippen LogP contribution in [0.2, 0.25) is 0 Å². The molecule has 2 aromatic heterocycles. The van der Waals surface area contributed by atoms with Crippen molar-refractivity contribution in [3.8, 4) is 22.9 Å². The summed E-state index contributed by atoms with van der Waals surface area (Å²) >= 11 is 0. The molecule has 2 heterocycles. The average molecular weight is 383 g/mol. The predicted molar refractivity (Wildman–Crippen MR) is 111 cm³/mol. The van der Waals surface area contributed by atoms with E-state index in [1.807, 2.05) is 12.3 Å². The summed E-state index contributed by atoms with van der Waals surface area (Å²) in [4.78, 5) is 9.46. The van der Waals surface area contributed by atoms with Crippen LogP contribution in [0.1, 0.15) is 36.9 Å². The average Bonchev–Trinajstić information content (AvgIpc) is 3.09. The number of hydrogen-bond acceptors (Lipinski definition) is 5. The van der Waals surface area contributed by atoms with Crippen LogP contribution in [0, 0.1) is 13.8 Å². The number of imidazole rings is 1. The van der Waals surface area contributed by atoms with E-state index in [-0.39, 0.29) is 6.04 Å². The summed E-state index contributed by atoms with van der Waals surface area (Å²) in [5, 5.41) is 0. The summed E-state index contributed by atoms with van der Waals surface area (Å²) in [5.74, 6) is 0.889. The van der Waals surface area contributed by atoms with Crippen LogP contribution in [0.3, 0.4) is 0 Å². The fourth-order valence-corrected chi connectivity index (χ4v) is 3.73. The summed E-state index contributed by atoms with van der Waals surface area (Å²) in [5.41, 5.74) is 6.09. The minimum atomic E-state index is 0.210. The minimum Gasteiger partial charge on any atom is -0.496 e. The first kappa shape index (κ1) is 20.1. The van der Waals surface area contributed by atoms with Crippen LogP contribution >= 0.6 is 0 Å². The molecule has 0 aliphatic rings. The van der Waals surface area contributed by atoms with Crippen LogP contribution in [0.4, 0.5) is 0 Å². The highest BCUT2D eigenvalue weighted by atomic mass is 16.5. The van der Waals surface area contributed by atoms with Gasteiger partial charge in [-0.15, -0.1) is 0 Å².